The second-order valence-corrected chi connectivity index (χ2v) is 7.83. The average molecular weight is 411 g/mol. The van der Waals surface area contributed by atoms with E-state index in [9.17, 15) is 18.0 Å². The first-order valence-electron chi connectivity index (χ1n) is 9.11. The van der Waals surface area contributed by atoms with E-state index in [0.717, 1.165) is 17.7 Å². The Labute approximate surface area is 164 Å². The molecule has 6 nitrogen and oxygen atoms in total. The van der Waals surface area contributed by atoms with Gasteiger partial charge in [0.05, 0.1) is 23.4 Å². The lowest BCUT2D eigenvalue weighted by Gasteiger charge is -2.30. The number of nitrogens with zero attached hydrogens (tertiary/aromatic N) is 3. The van der Waals surface area contributed by atoms with E-state index in [0.29, 0.717) is 25.0 Å². The number of hydrogen-bond donors (Lipinski definition) is 2. The molecule has 10 heteroatoms. The predicted octanol–water partition coefficient (Wildman–Crippen LogP) is 2.76. The van der Waals surface area contributed by atoms with Gasteiger partial charge in [0.15, 0.2) is 5.69 Å². The zero-order valence-electron chi connectivity index (χ0n) is 15.3. The highest BCUT2D eigenvalue weighted by molar-refractivity contribution is 7.96. The van der Waals surface area contributed by atoms with Crippen LogP contribution in [0, 0.1) is 0 Å². The summed E-state index contributed by atoms with van der Waals surface area (Å²) in [6, 6.07) is 0. The van der Waals surface area contributed by atoms with Crippen LogP contribution in [0.4, 0.5) is 13.2 Å². The number of carbonyl (C=O) groups is 1. The van der Waals surface area contributed by atoms with E-state index in [4.69, 9.17) is 0 Å². The number of rotatable bonds is 4. The second kappa shape index (κ2) is 7.07. The summed E-state index contributed by atoms with van der Waals surface area (Å²) in [6.45, 7) is 2.04. The van der Waals surface area contributed by atoms with Crippen molar-refractivity contribution in [3.63, 3.8) is 0 Å². The first-order chi connectivity index (χ1) is 13.3. The minimum atomic E-state index is -4.50. The molecule has 1 unspecified atom stereocenters. The third-order valence-corrected chi connectivity index (χ3v) is 6.18. The van der Waals surface area contributed by atoms with Crippen LogP contribution in [-0.2, 0) is 30.4 Å². The summed E-state index contributed by atoms with van der Waals surface area (Å²) in [5, 5.41) is 6.54. The molecule has 1 aromatic heterocycles. The van der Waals surface area contributed by atoms with Crippen LogP contribution in [0.3, 0.4) is 0 Å². The first kappa shape index (κ1) is 19.3. The number of aromatic nitrogens is 2. The third kappa shape index (κ3) is 3.39. The van der Waals surface area contributed by atoms with Crippen LogP contribution in [0.25, 0.3) is 0 Å². The van der Waals surface area contributed by atoms with E-state index in [1.165, 1.54) is 16.8 Å². The Hall–Kier alpha value is -2.07. The maximum Gasteiger partial charge on any atom is 0.435 e. The van der Waals surface area contributed by atoms with Gasteiger partial charge in [0, 0.05) is 17.8 Å². The number of carbonyl (C=O) groups excluding carboxylic acids is 1. The molecule has 0 bridgehead atoms. The number of allylic oxidation sites excluding steroid dienone is 2. The predicted molar refractivity (Wildman–Crippen MR) is 101 cm³/mol. The quantitative estimate of drug-likeness (QED) is 0.748. The fraction of sp³-hybridized carbons (Fsp3) is 0.500. The van der Waals surface area contributed by atoms with Crippen LogP contribution >= 0.6 is 12.1 Å². The molecule has 1 atom stereocenters. The van der Waals surface area contributed by atoms with Crippen LogP contribution in [0.5, 0.6) is 0 Å². The Kier molecular flexibility index (Phi) is 4.86. The van der Waals surface area contributed by atoms with Gasteiger partial charge in [-0.25, -0.2) is 9.12 Å². The number of fused-ring (bicyclic) bond motifs is 2. The molecule has 28 heavy (non-hydrogen) atoms. The zero-order valence-corrected chi connectivity index (χ0v) is 16.1. The molecule has 2 heterocycles. The van der Waals surface area contributed by atoms with Gasteiger partial charge in [-0.1, -0.05) is 12.2 Å². The Morgan fingerprint density at radius 3 is 2.96 bits per heavy atom. The molecule has 1 aliphatic heterocycles. The van der Waals surface area contributed by atoms with Gasteiger partial charge in [0.1, 0.15) is 6.54 Å². The van der Waals surface area contributed by atoms with E-state index in [-0.39, 0.29) is 24.6 Å². The van der Waals surface area contributed by atoms with Gasteiger partial charge in [-0.2, -0.15) is 18.3 Å². The summed E-state index contributed by atoms with van der Waals surface area (Å²) in [4.78, 5) is 12.4. The maximum atomic E-state index is 13.3. The van der Waals surface area contributed by atoms with Crippen molar-refractivity contribution in [2.45, 2.75) is 50.9 Å². The van der Waals surface area contributed by atoms with E-state index < -0.39 is 17.4 Å². The van der Waals surface area contributed by atoms with Crippen LogP contribution in [0.2, 0.25) is 0 Å². The van der Waals surface area contributed by atoms with E-state index in [2.05, 4.69) is 19.5 Å². The number of alkyl halides is 3. The Morgan fingerprint density at radius 2 is 2.18 bits per heavy atom. The lowest BCUT2D eigenvalue weighted by molar-refractivity contribution is -0.142. The minimum Gasteiger partial charge on any atom is -0.351 e. The van der Waals surface area contributed by atoms with Gasteiger partial charge in [0.25, 0.3) is 0 Å². The molecule has 1 aromatic rings. The SMILES string of the molecule is CC12NSN=C1C=CC=C2CNC(=O)Cn1nc(C(F)(F)F)c2c1CCCC2. The molecule has 2 aliphatic carbocycles. The van der Waals surface area contributed by atoms with E-state index >= 15 is 0 Å². The molecule has 3 aliphatic rings. The average Bonchev–Trinajstić information content (AvgIpc) is 3.21. The van der Waals surface area contributed by atoms with E-state index in [1.54, 1.807) is 0 Å². The molecule has 0 aromatic carbocycles. The lowest BCUT2D eigenvalue weighted by Crippen LogP contribution is -2.48. The number of amides is 1. The van der Waals surface area contributed by atoms with Crippen molar-refractivity contribution in [1.29, 1.82) is 0 Å². The highest BCUT2D eigenvalue weighted by Gasteiger charge is 2.40. The van der Waals surface area contributed by atoms with Gasteiger partial charge in [-0.15, -0.1) is 0 Å². The Balaban J connectivity index is 1.46. The standard InChI is InChI=1S/C18H20F3N5OS/c1-17-11(5-4-8-14(17)24-28-25-17)9-22-15(27)10-26-13-7-3-2-6-12(13)16(23-26)18(19,20)21/h4-5,8,25H,2-3,6-7,9-10H2,1H3,(H,22,27). The molecule has 150 valence electrons. The van der Waals surface area contributed by atoms with Crippen molar-refractivity contribution < 1.29 is 18.0 Å². The maximum absolute atomic E-state index is 13.3. The molecule has 0 fully saturated rings. The van der Waals surface area contributed by atoms with E-state index in [1.807, 2.05) is 25.2 Å². The van der Waals surface area contributed by atoms with Crippen molar-refractivity contribution in [3.8, 4) is 0 Å². The monoisotopic (exact) mass is 411 g/mol. The molecule has 4 rings (SSSR count). The van der Waals surface area contributed by atoms with Gasteiger partial charge in [-0.05, 0) is 44.3 Å². The number of nitrogens with one attached hydrogen (secondary N) is 2. The largest absolute Gasteiger partial charge is 0.435 e. The fourth-order valence-corrected chi connectivity index (χ4v) is 4.61. The summed E-state index contributed by atoms with van der Waals surface area (Å²) in [5.74, 6) is -0.368. The first-order valence-corrected chi connectivity index (χ1v) is 9.88. The van der Waals surface area contributed by atoms with Crippen molar-refractivity contribution >= 4 is 23.8 Å². The normalized spacial score (nSPS) is 23.7. The molecular formula is C18H20F3N5OS. The Bertz CT molecular complexity index is 902. The topological polar surface area (TPSA) is 71.3 Å². The van der Waals surface area contributed by atoms with Gasteiger partial charge in [0.2, 0.25) is 5.91 Å². The molecule has 0 spiro atoms. The second-order valence-electron chi connectivity index (χ2n) is 7.26. The highest BCUT2D eigenvalue weighted by atomic mass is 32.2. The van der Waals surface area contributed by atoms with Gasteiger partial charge >= 0.3 is 6.18 Å². The summed E-state index contributed by atoms with van der Waals surface area (Å²) < 4.78 is 48.6. The molecule has 0 radical (unpaired) electrons. The summed E-state index contributed by atoms with van der Waals surface area (Å²) in [7, 11) is 0. The van der Waals surface area contributed by atoms with Crippen LogP contribution in [0.1, 0.15) is 36.7 Å². The van der Waals surface area contributed by atoms with Crippen molar-refractivity contribution in [2.75, 3.05) is 6.54 Å². The summed E-state index contributed by atoms with van der Waals surface area (Å²) >= 11 is 1.25. The Morgan fingerprint density at radius 1 is 1.39 bits per heavy atom. The minimum absolute atomic E-state index is 0.221. The highest BCUT2D eigenvalue weighted by Crippen LogP contribution is 2.36. The fourth-order valence-electron chi connectivity index (χ4n) is 3.81. The summed E-state index contributed by atoms with van der Waals surface area (Å²) in [5.41, 5.74) is 1.28. The van der Waals surface area contributed by atoms with Crippen molar-refractivity contribution in [3.05, 3.63) is 40.8 Å². The number of halogens is 3. The van der Waals surface area contributed by atoms with Gasteiger partial charge < -0.3 is 5.32 Å². The van der Waals surface area contributed by atoms with Gasteiger partial charge in [-0.3, -0.25) is 9.48 Å². The summed E-state index contributed by atoms with van der Waals surface area (Å²) in [6.07, 6.45) is 3.58. The lowest BCUT2D eigenvalue weighted by atomic mass is 9.84. The molecule has 0 saturated carbocycles. The van der Waals surface area contributed by atoms with Crippen molar-refractivity contribution in [2.24, 2.45) is 4.40 Å². The van der Waals surface area contributed by atoms with Crippen LogP contribution < -0.4 is 10.0 Å². The third-order valence-electron chi connectivity index (χ3n) is 5.39. The van der Waals surface area contributed by atoms with Crippen LogP contribution in [-0.4, -0.2) is 33.5 Å². The number of hydrogen-bond acceptors (Lipinski definition) is 5. The smallest absolute Gasteiger partial charge is 0.351 e. The zero-order chi connectivity index (χ0) is 19.9. The van der Waals surface area contributed by atoms with Crippen molar-refractivity contribution in [1.82, 2.24) is 19.8 Å². The molecule has 1 amide bonds. The molecule has 2 N–H and O–H groups in total. The van der Waals surface area contributed by atoms with Crippen LogP contribution in [0.15, 0.2) is 28.2 Å². The molecular weight excluding hydrogens is 391 g/mol. The molecule has 0 saturated heterocycles.